The highest BCUT2D eigenvalue weighted by Crippen LogP contribution is 2.14. The van der Waals surface area contributed by atoms with Crippen LogP contribution in [0.1, 0.15) is 5.56 Å². The van der Waals surface area contributed by atoms with E-state index in [2.05, 4.69) is 49.1 Å². The molecular formula is C21H30IN5O2S2. The summed E-state index contributed by atoms with van der Waals surface area (Å²) in [5.74, 6) is 0.810. The largest absolute Gasteiger partial charge is 0.355 e. The first kappa shape index (κ1) is 25.8. The summed E-state index contributed by atoms with van der Waals surface area (Å²) in [6, 6.07) is 13.7. The van der Waals surface area contributed by atoms with Gasteiger partial charge in [0.25, 0.3) is 0 Å². The number of aliphatic imine (C=N–C) groups is 1. The average Bonchev–Trinajstić information content (AvgIpc) is 3.31. The monoisotopic (exact) mass is 575 g/mol. The maximum atomic E-state index is 12.1. The number of sulfonamides is 1. The van der Waals surface area contributed by atoms with E-state index < -0.39 is 10.0 Å². The third-order valence-corrected chi connectivity index (χ3v) is 7.68. The molecule has 0 aliphatic carbocycles. The Bertz CT molecular complexity index is 926. The SMILES string of the molecule is CN=C(NCCNS(=O)(=O)c1cccs1)N1CCN(C/C=C/c2ccccc2)CC1.I. The normalized spacial score (nSPS) is 15.8. The average molecular weight is 576 g/mol. The number of benzene rings is 1. The van der Waals surface area contributed by atoms with Crippen LogP contribution in [0.3, 0.4) is 0 Å². The van der Waals surface area contributed by atoms with Crippen molar-refractivity contribution in [3.8, 4) is 0 Å². The minimum Gasteiger partial charge on any atom is -0.355 e. The van der Waals surface area contributed by atoms with Crippen molar-refractivity contribution < 1.29 is 8.42 Å². The zero-order chi connectivity index (χ0) is 21.2. The molecule has 2 heterocycles. The maximum absolute atomic E-state index is 12.1. The lowest BCUT2D eigenvalue weighted by atomic mass is 10.2. The third kappa shape index (κ3) is 8.19. The van der Waals surface area contributed by atoms with Crippen LogP contribution in [0.25, 0.3) is 6.08 Å². The Hall–Kier alpha value is -1.47. The molecule has 2 aromatic rings. The molecule has 10 heteroatoms. The van der Waals surface area contributed by atoms with E-state index >= 15 is 0 Å². The molecule has 0 saturated carbocycles. The zero-order valence-electron chi connectivity index (χ0n) is 17.6. The zero-order valence-corrected chi connectivity index (χ0v) is 21.6. The molecule has 0 amide bonds. The summed E-state index contributed by atoms with van der Waals surface area (Å²) in [5.41, 5.74) is 1.22. The fourth-order valence-electron chi connectivity index (χ4n) is 3.22. The summed E-state index contributed by atoms with van der Waals surface area (Å²) in [6.07, 6.45) is 4.36. The second-order valence-electron chi connectivity index (χ2n) is 6.90. The van der Waals surface area contributed by atoms with Crippen LogP contribution >= 0.6 is 35.3 Å². The maximum Gasteiger partial charge on any atom is 0.250 e. The van der Waals surface area contributed by atoms with Crippen molar-refractivity contribution in [2.45, 2.75) is 4.21 Å². The predicted octanol–water partition coefficient (Wildman–Crippen LogP) is 2.55. The number of rotatable bonds is 8. The fourth-order valence-corrected chi connectivity index (χ4v) is 5.29. The molecule has 0 unspecified atom stereocenters. The molecule has 1 aromatic carbocycles. The molecule has 7 nitrogen and oxygen atoms in total. The van der Waals surface area contributed by atoms with Crippen molar-refractivity contribution in [2.24, 2.45) is 4.99 Å². The van der Waals surface area contributed by atoms with E-state index in [1.165, 1.54) is 16.9 Å². The van der Waals surface area contributed by atoms with E-state index in [1.807, 2.05) is 18.2 Å². The lowest BCUT2D eigenvalue weighted by Crippen LogP contribution is -2.53. The minimum absolute atomic E-state index is 0. The number of halogens is 1. The van der Waals surface area contributed by atoms with Gasteiger partial charge in [0, 0.05) is 52.9 Å². The number of piperazine rings is 1. The van der Waals surface area contributed by atoms with Crippen LogP contribution in [0, 0.1) is 0 Å². The van der Waals surface area contributed by atoms with Crippen molar-refractivity contribution >= 4 is 57.4 Å². The van der Waals surface area contributed by atoms with Crippen molar-refractivity contribution in [1.29, 1.82) is 0 Å². The van der Waals surface area contributed by atoms with Crippen LogP contribution in [-0.2, 0) is 10.0 Å². The molecule has 170 valence electrons. The van der Waals surface area contributed by atoms with Gasteiger partial charge < -0.3 is 10.2 Å². The molecule has 0 spiro atoms. The highest BCUT2D eigenvalue weighted by Gasteiger charge is 2.19. The first-order valence-electron chi connectivity index (χ1n) is 10.0. The summed E-state index contributed by atoms with van der Waals surface area (Å²) in [6.45, 7) is 5.43. The topological polar surface area (TPSA) is 77.0 Å². The Morgan fingerprint density at radius 2 is 1.84 bits per heavy atom. The summed E-state index contributed by atoms with van der Waals surface area (Å²) < 4.78 is 27.2. The van der Waals surface area contributed by atoms with Gasteiger partial charge in [0.15, 0.2) is 5.96 Å². The van der Waals surface area contributed by atoms with Crippen LogP contribution in [0.15, 0.2) is 63.1 Å². The summed E-state index contributed by atoms with van der Waals surface area (Å²) in [4.78, 5) is 8.97. The molecule has 1 aliphatic rings. The van der Waals surface area contributed by atoms with Gasteiger partial charge in [0.1, 0.15) is 4.21 Å². The van der Waals surface area contributed by atoms with E-state index in [1.54, 1.807) is 24.6 Å². The van der Waals surface area contributed by atoms with Crippen LogP contribution in [0.4, 0.5) is 0 Å². The highest BCUT2D eigenvalue weighted by molar-refractivity contribution is 14.0. The first-order chi connectivity index (χ1) is 14.6. The number of hydrogen-bond acceptors (Lipinski definition) is 5. The Morgan fingerprint density at radius 1 is 1.10 bits per heavy atom. The van der Waals surface area contributed by atoms with Gasteiger partial charge in [-0.15, -0.1) is 35.3 Å². The van der Waals surface area contributed by atoms with Gasteiger partial charge in [0.2, 0.25) is 10.0 Å². The Morgan fingerprint density at radius 3 is 2.48 bits per heavy atom. The molecule has 0 radical (unpaired) electrons. The molecule has 0 bridgehead atoms. The third-order valence-electron chi connectivity index (χ3n) is 4.82. The van der Waals surface area contributed by atoms with Gasteiger partial charge in [-0.25, -0.2) is 13.1 Å². The Balaban J connectivity index is 0.00000341. The smallest absolute Gasteiger partial charge is 0.250 e. The molecule has 1 aliphatic heterocycles. The van der Waals surface area contributed by atoms with Crippen LogP contribution in [0.5, 0.6) is 0 Å². The molecule has 31 heavy (non-hydrogen) atoms. The van der Waals surface area contributed by atoms with Gasteiger partial charge in [-0.1, -0.05) is 48.6 Å². The number of hydrogen-bond donors (Lipinski definition) is 2. The molecule has 0 atom stereocenters. The highest BCUT2D eigenvalue weighted by atomic mass is 127. The quantitative estimate of drug-likeness (QED) is 0.219. The molecule has 2 N–H and O–H groups in total. The first-order valence-corrected chi connectivity index (χ1v) is 12.4. The van der Waals surface area contributed by atoms with E-state index in [9.17, 15) is 8.42 Å². The number of thiophene rings is 1. The van der Waals surface area contributed by atoms with Crippen molar-refractivity contribution in [2.75, 3.05) is 52.9 Å². The standard InChI is InChI=1S/C21H29N5O2S2.HI/c1-22-21(23-11-12-24-30(27,28)20-10-6-18-29-20)26-16-14-25(15-17-26)13-5-9-19-7-3-2-4-8-19;/h2-10,18,24H,11-17H2,1H3,(H,22,23);1H/b9-5+;. The lowest BCUT2D eigenvalue weighted by molar-refractivity contribution is 0.194. The molecule has 1 saturated heterocycles. The van der Waals surface area contributed by atoms with Gasteiger partial charge in [-0.05, 0) is 17.0 Å². The van der Waals surface area contributed by atoms with Gasteiger partial charge in [0.05, 0.1) is 0 Å². The molecule has 1 fully saturated rings. The number of nitrogens with zero attached hydrogens (tertiary/aromatic N) is 3. The van der Waals surface area contributed by atoms with Crippen molar-refractivity contribution in [3.63, 3.8) is 0 Å². The Kier molecular flexibility index (Phi) is 10.9. The van der Waals surface area contributed by atoms with Crippen molar-refractivity contribution in [3.05, 3.63) is 59.5 Å². The molecular weight excluding hydrogens is 545 g/mol. The second kappa shape index (κ2) is 13.2. The van der Waals surface area contributed by atoms with Crippen molar-refractivity contribution in [1.82, 2.24) is 19.8 Å². The van der Waals surface area contributed by atoms with Crippen LogP contribution in [0.2, 0.25) is 0 Å². The predicted molar refractivity (Wildman–Crippen MR) is 140 cm³/mol. The Labute approximate surface area is 206 Å². The van der Waals surface area contributed by atoms with Crippen LogP contribution < -0.4 is 10.0 Å². The van der Waals surface area contributed by atoms with E-state index in [0.717, 1.165) is 38.7 Å². The van der Waals surface area contributed by atoms with Gasteiger partial charge >= 0.3 is 0 Å². The van der Waals surface area contributed by atoms with E-state index in [0.29, 0.717) is 17.3 Å². The fraction of sp³-hybridized carbons (Fsp3) is 0.381. The van der Waals surface area contributed by atoms with E-state index in [-0.39, 0.29) is 24.0 Å². The summed E-state index contributed by atoms with van der Waals surface area (Å²) >= 11 is 1.21. The lowest BCUT2D eigenvalue weighted by Gasteiger charge is -2.36. The summed E-state index contributed by atoms with van der Waals surface area (Å²) in [7, 11) is -1.66. The molecule has 1 aromatic heterocycles. The second-order valence-corrected chi connectivity index (χ2v) is 9.85. The van der Waals surface area contributed by atoms with Gasteiger partial charge in [-0.2, -0.15) is 0 Å². The van der Waals surface area contributed by atoms with Gasteiger partial charge in [-0.3, -0.25) is 9.89 Å². The minimum atomic E-state index is -3.42. The summed E-state index contributed by atoms with van der Waals surface area (Å²) in [5, 5.41) is 5.01. The number of guanidine groups is 1. The molecule has 3 rings (SSSR count). The van der Waals surface area contributed by atoms with Crippen LogP contribution in [-0.4, -0.2) is 77.0 Å². The van der Waals surface area contributed by atoms with E-state index in [4.69, 9.17) is 0 Å². The number of nitrogens with one attached hydrogen (secondary N) is 2.